The third-order valence-electron chi connectivity index (χ3n) is 2.72. The first-order valence-electron chi connectivity index (χ1n) is 5.01. The van der Waals surface area contributed by atoms with E-state index in [0.29, 0.717) is 5.56 Å². The van der Waals surface area contributed by atoms with Gasteiger partial charge in [0.1, 0.15) is 0 Å². The lowest BCUT2D eigenvalue weighted by atomic mass is 9.79. The fraction of sp³-hybridized carbons (Fsp3) is 0.250. The maximum atomic E-state index is 11.3. The van der Waals surface area contributed by atoms with E-state index in [-0.39, 0.29) is 12.1 Å². The predicted octanol–water partition coefficient (Wildman–Crippen LogP) is 2.51. The van der Waals surface area contributed by atoms with Crippen molar-refractivity contribution in [3.05, 3.63) is 52.6 Å². The number of hydrogen-bond donors (Lipinski definition) is 1. The second-order valence-electron chi connectivity index (χ2n) is 3.94. The summed E-state index contributed by atoms with van der Waals surface area (Å²) in [7, 11) is 0. The zero-order valence-corrected chi connectivity index (χ0v) is 9.42. The van der Waals surface area contributed by atoms with Crippen LogP contribution in [0.15, 0.2) is 36.9 Å². The van der Waals surface area contributed by atoms with E-state index in [9.17, 15) is 20.0 Å². The lowest BCUT2D eigenvalue weighted by molar-refractivity contribution is -0.384. The van der Waals surface area contributed by atoms with Gasteiger partial charge in [-0.25, -0.2) is 0 Å². The first-order valence-corrected chi connectivity index (χ1v) is 5.01. The van der Waals surface area contributed by atoms with Gasteiger partial charge in [-0.2, -0.15) is 0 Å². The molecular weight excluding hydrogens is 222 g/mol. The van der Waals surface area contributed by atoms with Crippen molar-refractivity contribution in [1.29, 1.82) is 0 Å². The second-order valence-corrected chi connectivity index (χ2v) is 3.94. The van der Waals surface area contributed by atoms with Gasteiger partial charge < -0.3 is 5.11 Å². The molecule has 0 bridgehead atoms. The van der Waals surface area contributed by atoms with Crippen molar-refractivity contribution in [2.75, 3.05) is 0 Å². The highest BCUT2D eigenvalue weighted by molar-refractivity contribution is 5.81. The van der Waals surface area contributed by atoms with E-state index in [1.54, 1.807) is 6.07 Å². The van der Waals surface area contributed by atoms with Gasteiger partial charge in [-0.05, 0) is 18.9 Å². The molecule has 1 N–H and O–H groups in total. The molecule has 0 saturated carbocycles. The Morgan fingerprint density at radius 3 is 2.76 bits per heavy atom. The van der Waals surface area contributed by atoms with Crippen molar-refractivity contribution in [1.82, 2.24) is 0 Å². The maximum absolute atomic E-state index is 11.3. The van der Waals surface area contributed by atoms with Crippen molar-refractivity contribution in [3.63, 3.8) is 0 Å². The quantitative estimate of drug-likeness (QED) is 0.483. The van der Waals surface area contributed by atoms with Crippen molar-refractivity contribution < 1.29 is 14.8 Å². The van der Waals surface area contributed by atoms with Crippen molar-refractivity contribution in [2.24, 2.45) is 0 Å². The van der Waals surface area contributed by atoms with Crippen LogP contribution in [0.25, 0.3) is 0 Å². The predicted molar refractivity (Wildman–Crippen MR) is 62.9 cm³/mol. The van der Waals surface area contributed by atoms with Crippen LogP contribution in [0, 0.1) is 10.1 Å². The summed E-state index contributed by atoms with van der Waals surface area (Å²) >= 11 is 0. The molecule has 1 aromatic rings. The summed E-state index contributed by atoms with van der Waals surface area (Å²) in [4.78, 5) is 21.4. The summed E-state index contributed by atoms with van der Waals surface area (Å²) in [5.74, 6) is -1.03. The fourth-order valence-corrected chi connectivity index (χ4v) is 1.58. The minimum absolute atomic E-state index is 0.112. The Bertz CT molecular complexity index is 469. The molecule has 0 fully saturated rings. The highest BCUT2D eigenvalue weighted by atomic mass is 16.6. The van der Waals surface area contributed by atoms with Crippen LogP contribution >= 0.6 is 0 Å². The number of aliphatic carboxylic acids is 1. The van der Waals surface area contributed by atoms with E-state index in [1.165, 1.54) is 31.2 Å². The van der Waals surface area contributed by atoms with E-state index in [2.05, 4.69) is 6.58 Å². The zero-order valence-electron chi connectivity index (χ0n) is 9.42. The van der Waals surface area contributed by atoms with Crippen molar-refractivity contribution in [2.45, 2.75) is 18.8 Å². The molecule has 90 valence electrons. The van der Waals surface area contributed by atoms with Crippen molar-refractivity contribution in [3.8, 4) is 0 Å². The number of nitro benzene ring substituents is 1. The van der Waals surface area contributed by atoms with E-state index in [0.717, 1.165) is 0 Å². The zero-order chi connectivity index (χ0) is 13.1. The molecule has 1 unspecified atom stereocenters. The maximum Gasteiger partial charge on any atom is 0.314 e. The molecule has 17 heavy (non-hydrogen) atoms. The summed E-state index contributed by atoms with van der Waals surface area (Å²) in [6.45, 7) is 5.04. The average molecular weight is 235 g/mol. The van der Waals surface area contributed by atoms with E-state index < -0.39 is 16.3 Å². The molecule has 0 aliphatic carbocycles. The highest BCUT2D eigenvalue weighted by Crippen LogP contribution is 2.30. The average Bonchev–Trinajstić information content (AvgIpc) is 2.29. The van der Waals surface area contributed by atoms with E-state index in [1.807, 2.05) is 0 Å². The number of carbonyl (C=O) groups is 1. The van der Waals surface area contributed by atoms with E-state index in [4.69, 9.17) is 0 Å². The molecule has 0 saturated heterocycles. The topological polar surface area (TPSA) is 80.4 Å². The molecule has 0 aromatic heterocycles. The lowest BCUT2D eigenvalue weighted by Gasteiger charge is -2.23. The Balaban J connectivity index is 3.28. The number of rotatable bonds is 5. The van der Waals surface area contributed by atoms with Gasteiger partial charge >= 0.3 is 5.97 Å². The van der Waals surface area contributed by atoms with Gasteiger partial charge in [-0.3, -0.25) is 14.9 Å². The number of nitro groups is 1. The Morgan fingerprint density at radius 2 is 2.29 bits per heavy atom. The smallest absolute Gasteiger partial charge is 0.314 e. The third kappa shape index (κ3) is 2.50. The van der Waals surface area contributed by atoms with Gasteiger partial charge in [-0.15, -0.1) is 6.58 Å². The Hall–Kier alpha value is -2.17. The molecule has 5 heteroatoms. The Kier molecular flexibility index (Phi) is 3.62. The molecule has 0 amide bonds. The summed E-state index contributed by atoms with van der Waals surface area (Å²) in [5.41, 5.74) is -0.897. The van der Waals surface area contributed by atoms with Crippen LogP contribution in [0.1, 0.15) is 18.9 Å². The SMILES string of the molecule is C=CCC(C)(C(=O)O)c1cccc([N+](=O)[O-])c1. The minimum atomic E-state index is -1.19. The van der Waals surface area contributed by atoms with E-state index >= 15 is 0 Å². The highest BCUT2D eigenvalue weighted by Gasteiger charge is 2.34. The van der Waals surface area contributed by atoms with Crippen LogP contribution in [-0.4, -0.2) is 16.0 Å². The Labute approximate surface area is 98.5 Å². The number of hydrogen-bond acceptors (Lipinski definition) is 3. The summed E-state index contributed by atoms with van der Waals surface area (Å²) < 4.78 is 0. The van der Waals surface area contributed by atoms with Gasteiger partial charge in [0.15, 0.2) is 0 Å². The molecule has 1 rings (SSSR count). The number of carboxylic acid groups (broad SMARTS) is 1. The standard InChI is InChI=1S/C12H13NO4/c1-3-7-12(2,11(14)15)9-5-4-6-10(8-9)13(16)17/h3-6,8H,1,7H2,2H3,(H,14,15). The summed E-state index contributed by atoms with van der Waals surface area (Å²) in [5, 5.41) is 19.9. The molecule has 0 radical (unpaired) electrons. The van der Waals surface area contributed by atoms with Gasteiger partial charge in [-0.1, -0.05) is 18.2 Å². The van der Waals surface area contributed by atoms with Gasteiger partial charge in [0, 0.05) is 12.1 Å². The van der Waals surface area contributed by atoms with Crippen LogP contribution in [-0.2, 0) is 10.2 Å². The number of non-ortho nitro benzene ring substituents is 1. The van der Waals surface area contributed by atoms with Crippen LogP contribution < -0.4 is 0 Å². The molecule has 0 aliphatic rings. The molecule has 0 aliphatic heterocycles. The largest absolute Gasteiger partial charge is 0.481 e. The number of allylic oxidation sites excluding steroid dienone is 1. The molecule has 0 spiro atoms. The molecule has 1 atom stereocenters. The van der Waals surface area contributed by atoms with Crippen LogP contribution in [0.4, 0.5) is 5.69 Å². The van der Waals surface area contributed by atoms with Gasteiger partial charge in [0.25, 0.3) is 5.69 Å². The molecule has 1 aromatic carbocycles. The summed E-state index contributed by atoms with van der Waals surface area (Å²) in [6.07, 6.45) is 1.70. The first-order chi connectivity index (χ1) is 7.91. The van der Waals surface area contributed by atoms with Gasteiger partial charge in [0.2, 0.25) is 0 Å². The van der Waals surface area contributed by atoms with Gasteiger partial charge in [0.05, 0.1) is 10.3 Å². The fourth-order valence-electron chi connectivity index (χ4n) is 1.58. The normalized spacial score (nSPS) is 13.7. The first kappa shape index (κ1) is 12.9. The van der Waals surface area contributed by atoms with Crippen molar-refractivity contribution >= 4 is 11.7 Å². The minimum Gasteiger partial charge on any atom is -0.481 e. The second kappa shape index (κ2) is 4.78. The Morgan fingerprint density at radius 1 is 1.65 bits per heavy atom. The van der Waals surface area contributed by atoms with Crippen LogP contribution in [0.2, 0.25) is 0 Å². The molecule has 5 nitrogen and oxygen atoms in total. The summed E-state index contributed by atoms with van der Waals surface area (Å²) in [6, 6.07) is 5.68. The molecular formula is C12H13NO4. The monoisotopic (exact) mass is 235 g/mol. The lowest BCUT2D eigenvalue weighted by Crippen LogP contribution is -2.31. The van der Waals surface area contributed by atoms with Crippen LogP contribution in [0.5, 0.6) is 0 Å². The van der Waals surface area contributed by atoms with Crippen LogP contribution in [0.3, 0.4) is 0 Å². The number of carboxylic acids is 1. The number of benzene rings is 1. The third-order valence-corrected chi connectivity index (χ3v) is 2.72. The molecule has 0 heterocycles. The number of nitrogens with zero attached hydrogens (tertiary/aromatic N) is 1.